The number of anilines is 1. The SMILES string of the molecule is Cc1cc(=O)c(C(=O)Nc2ccc(-c3nnc4n3CCCCC4)cc2)nn1-c1ccccc1. The molecule has 1 amide bonds. The van der Waals surface area contributed by atoms with E-state index in [1.54, 1.807) is 23.7 Å². The minimum atomic E-state index is -0.547. The molecule has 0 saturated carbocycles. The lowest BCUT2D eigenvalue weighted by Gasteiger charge is -2.11. The highest BCUT2D eigenvalue weighted by Gasteiger charge is 2.18. The van der Waals surface area contributed by atoms with Crippen molar-refractivity contribution in [1.29, 1.82) is 0 Å². The number of hydrogen-bond donors (Lipinski definition) is 1. The largest absolute Gasteiger partial charge is 0.320 e. The highest BCUT2D eigenvalue weighted by atomic mass is 16.2. The predicted octanol–water partition coefficient (Wildman–Crippen LogP) is 3.78. The van der Waals surface area contributed by atoms with Crippen LogP contribution in [0.1, 0.15) is 41.3 Å². The zero-order valence-electron chi connectivity index (χ0n) is 18.4. The molecule has 0 bridgehead atoms. The van der Waals surface area contributed by atoms with Crippen LogP contribution in [0.3, 0.4) is 0 Å². The van der Waals surface area contributed by atoms with E-state index in [0.717, 1.165) is 48.7 Å². The Morgan fingerprint density at radius 3 is 2.55 bits per heavy atom. The molecule has 0 radical (unpaired) electrons. The van der Waals surface area contributed by atoms with Crippen LogP contribution >= 0.6 is 0 Å². The van der Waals surface area contributed by atoms with Gasteiger partial charge in [-0.1, -0.05) is 24.6 Å². The van der Waals surface area contributed by atoms with Gasteiger partial charge in [-0.25, -0.2) is 4.68 Å². The van der Waals surface area contributed by atoms with Gasteiger partial charge in [-0.2, -0.15) is 5.10 Å². The highest BCUT2D eigenvalue weighted by Crippen LogP contribution is 2.24. The first-order valence-electron chi connectivity index (χ1n) is 11.1. The van der Waals surface area contributed by atoms with E-state index < -0.39 is 11.3 Å². The van der Waals surface area contributed by atoms with E-state index in [0.29, 0.717) is 11.4 Å². The number of carbonyl (C=O) groups is 1. The Morgan fingerprint density at radius 2 is 1.76 bits per heavy atom. The molecule has 0 unspecified atom stereocenters. The molecule has 3 heterocycles. The maximum Gasteiger partial charge on any atom is 0.280 e. The zero-order valence-corrected chi connectivity index (χ0v) is 18.4. The second-order valence-electron chi connectivity index (χ2n) is 8.18. The van der Waals surface area contributed by atoms with Crippen molar-refractivity contribution < 1.29 is 4.79 Å². The van der Waals surface area contributed by atoms with Crippen molar-refractivity contribution in [2.75, 3.05) is 5.32 Å². The summed E-state index contributed by atoms with van der Waals surface area (Å²) >= 11 is 0. The van der Waals surface area contributed by atoms with Crippen LogP contribution in [0.2, 0.25) is 0 Å². The number of nitrogens with zero attached hydrogens (tertiary/aromatic N) is 5. The van der Waals surface area contributed by atoms with E-state index in [1.807, 2.05) is 42.5 Å². The van der Waals surface area contributed by atoms with Crippen molar-refractivity contribution >= 4 is 11.6 Å². The number of carbonyl (C=O) groups excluding carboxylic acids is 1. The molecule has 33 heavy (non-hydrogen) atoms. The number of para-hydroxylation sites is 1. The lowest BCUT2D eigenvalue weighted by Crippen LogP contribution is -2.26. The zero-order chi connectivity index (χ0) is 22.8. The quantitative estimate of drug-likeness (QED) is 0.521. The van der Waals surface area contributed by atoms with Crippen molar-refractivity contribution in [3.63, 3.8) is 0 Å². The van der Waals surface area contributed by atoms with Crippen molar-refractivity contribution in [3.05, 3.63) is 88.1 Å². The molecule has 2 aromatic heterocycles. The lowest BCUT2D eigenvalue weighted by molar-refractivity contribution is 0.101. The smallest absolute Gasteiger partial charge is 0.280 e. The fourth-order valence-electron chi connectivity index (χ4n) is 4.13. The Balaban J connectivity index is 1.38. The van der Waals surface area contributed by atoms with Crippen LogP contribution in [0, 0.1) is 6.92 Å². The molecular formula is C25H24N6O2. The average Bonchev–Trinajstić information content (AvgIpc) is 3.08. The Labute approximate surface area is 190 Å². The van der Waals surface area contributed by atoms with Gasteiger partial charge in [-0.15, -0.1) is 10.2 Å². The van der Waals surface area contributed by atoms with E-state index in [9.17, 15) is 9.59 Å². The molecule has 0 spiro atoms. The second-order valence-corrected chi connectivity index (χ2v) is 8.18. The molecule has 8 heteroatoms. The summed E-state index contributed by atoms with van der Waals surface area (Å²) in [4.78, 5) is 25.3. The topological polar surface area (TPSA) is 94.7 Å². The Bertz CT molecular complexity index is 1360. The molecule has 8 nitrogen and oxygen atoms in total. The molecule has 2 aromatic carbocycles. The molecule has 4 aromatic rings. The molecule has 5 rings (SSSR count). The summed E-state index contributed by atoms with van der Waals surface area (Å²) in [6.07, 6.45) is 4.41. The van der Waals surface area contributed by atoms with E-state index in [2.05, 4.69) is 25.2 Å². The monoisotopic (exact) mass is 440 g/mol. The van der Waals surface area contributed by atoms with Crippen LogP contribution in [0.5, 0.6) is 0 Å². The van der Waals surface area contributed by atoms with E-state index in [4.69, 9.17) is 0 Å². The van der Waals surface area contributed by atoms with Gasteiger partial charge in [0.2, 0.25) is 5.43 Å². The fourth-order valence-corrected chi connectivity index (χ4v) is 4.13. The Kier molecular flexibility index (Phi) is 5.56. The fraction of sp³-hybridized carbons (Fsp3) is 0.240. The summed E-state index contributed by atoms with van der Waals surface area (Å²) in [5, 5.41) is 15.8. The molecule has 1 aliphatic rings. The summed E-state index contributed by atoms with van der Waals surface area (Å²) < 4.78 is 3.78. The first-order valence-corrected chi connectivity index (χ1v) is 11.1. The van der Waals surface area contributed by atoms with Gasteiger partial charge < -0.3 is 9.88 Å². The van der Waals surface area contributed by atoms with Gasteiger partial charge in [0.1, 0.15) is 5.82 Å². The molecular weight excluding hydrogens is 416 g/mol. The van der Waals surface area contributed by atoms with E-state index in [-0.39, 0.29) is 5.69 Å². The number of aryl methyl sites for hydroxylation is 2. The van der Waals surface area contributed by atoms with Crippen LogP contribution < -0.4 is 10.7 Å². The molecule has 0 saturated heterocycles. The normalized spacial score (nSPS) is 13.2. The molecule has 0 aliphatic carbocycles. The molecule has 0 fully saturated rings. The molecule has 1 aliphatic heterocycles. The minimum absolute atomic E-state index is 0.156. The third-order valence-corrected chi connectivity index (χ3v) is 5.83. The Morgan fingerprint density at radius 1 is 0.970 bits per heavy atom. The third kappa shape index (κ3) is 4.19. The number of fused-ring (bicyclic) bond motifs is 1. The van der Waals surface area contributed by atoms with Gasteiger partial charge in [0.15, 0.2) is 11.5 Å². The minimum Gasteiger partial charge on any atom is -0.320 e. The van der Waals surface area contributed by atoms with Crippen molar-refractivity contribution in [1.82, 2.24) is 24.5 Å². The van der Waals surface area contributed by atoms with Crippen LogP contribution in [-0.2, 0) is 13.0 Å². The number of hydrogen-bond acceptors (Lipinski definition) is 5. The van der Waals surface area contributed by atoms with Crippen LogP contribution in [-0.4, -0.2) is 30.5 Å². The van der Waals surface area contributed by atoms with Gasteiger partial charge in [-0.3, -0.25) is 9.59 Å². The summed E-state index contributed by atoms with van der Waals surface area (Å²) in [5.74, 6) is 1.32. The summed E-state index contributed by atoms with van der Waals surface area (Å²) in [5.41, 5.74) is 2.37. The van der Waals surface area contributed by atoms with Gasteiger partial charge in [0.05, 0.1) is 5.69 Å². The summed E-state index contributed by atoms with van der Waals surface area (Å²) in [6, 6.07) is 18.2. The van der Waals surface area contributed by atoms with Crippen LogP contribution in [0.4, 0.5) is 5.69 Å². The second kappa shape index (κ2) is 8.82. The number of rotatable bonds is 4. The van der Waals surface area contributed by atoms with E-state index >= 15 is 0 Å². The first-order chi connectivity index (χ1) is 16.1. The highest BCUT2D eigenvalue weighted by molar-refractivity contribution is 6.02. The van der Waals surface area contributed by atoms with Crippen molar-refractivity contribution in [2.24, 2.45) is 0 Å². The molecule has 0 atom stereocenters. The van der Waals surface area contributed by atoms with Gasteiger partial charge in [0.25, 0.3) is 5.91 Å². The number of nitrogens with one attached hydrogen (secondary N) is 1. The molecule has 166 valence electrons. The number of aromatic nitrogens is 5. The van der Waals surface area contributed by atoms with Crippen molar-refractivity contribution in [3.8, 4) is 17.1 Å². The predicted molar refractivity (Wildman–Crippen MR) is 126 cm³/mol. The van der Waals surface area contributed by atoms with E-state index in [1.165, 1.54) is 12.5 Å². The van der Waals surface area contributed by atoms with Gasteiger partial charge in [-0.05, 0) is 56.2 Å². The van der Waals surface area contributed by atoms with Crippen LogP contribution in [0.15, 0.2) is 65.5 Å². The van der Waals surface area contributed by atoms with Crippen LogP contribution in [0.25, 0.3) is 17.1 Å². The summed E-state index contributed by atoms with van der Waals surface area (Å²) in [6.45, 7) is 2.70. The average molecular weight is 441 g/mol. The maximum atomic E-state index is 12.9. The first kappa shape index (κ1) is 20.8. The summed E-state index contributed by atoms with van der Waals surface area (Å²) in [7, 11) is 0. The number of benzene rings is 2. The Hall–Kier alpha value is -4.07. The lowest BCUT2D eigenvalue weighted by atomic mass is 10.2. The number of amides is 1. The standard InChI is InChI=1S/C25H24N6O2/c1-17-16-21(32)23(29-31(17)20-8-4-2-5-9-20)25(33)26-19-13-11-18(12-14-19)24-28-27-22-10-6-3-7-15-30(22)24/h2,4-5,8-9,11-14,16H,3,6-7,10,15H2,1H3,(H,26,33). The maximum absolute atomic E-state index is 12.9. The molecule has 1 N–H and O–H groups in total. The third-order valence-electron chi connectivity index (χ3n) is 5.83. The van der Waals surface area contributed by atoms with Gasteiger partial charge in [0, 0.05) is 36.0 Å². The van der Waals surface area contributed by atoms with Gasteiger partial charge >= 0.3 is 0 Å². The van der Waals surface area contributed by atoms with Crippen molar-refractivity contribution in [2.45, 2.75) is 39.2 Å².